The van der Waals surface area contributed by atoms with Crippen molar-refractivity contribution in [2.75, 3.05) is 18.5 Å². The molecule has 1 aliphatic rings. The Bertz CT molecular complexity index is 537. The van der Waals surface area contributed by atoms with Gasteiger partial charge in [0.1, 0.15) is 5.41 Å². The van der Waals surface area contributed by atoms with E-state index in [0.29, 0.717) is 5.69 Å². The standard InChI is InChI=1S/C13H15IN2O4/c1-13(11(17)18)7-20-6-10(13)16-12(19)15-9-4-2-3-8(14)5-9/h2-5,10H,6-7H2,1H3,(H,17,18)(H2,15,16,19). The molecule has 108 valence electrons. The predicted molar refractivity (Wildman–Crippen MR) is 81.7 cm³/mol. The van der Waals surface area contributed by atoms with Crippen molar-refractivity contribution in [3.63, 3.8) is 0 Å². The molecule has 2 atom stereocenters. The molecule has 7 heteroatoms. The Morgan fingerprint density at radius 2 is 2.25 bits per heavy atom. The number of amides is 2. The molecular formula is C13H15IN2O4. The van der Waals surface area contributed by atoms with E-state index in [1.165, 1.54) is 0 Å². The van der Waals surface area contributed by atoms with Gasteiger partial charge in [0, 0.05) is 9.26 Å². The maximum absolute atomic E-state index is 11.9. The van der Waals surface area contributed by atoms with Gasteiger partial charge in [-0.05, 0) is 47.7 Å². The number of aliphatic carboxylic acids is 1. The highest BCUT2D eigenvalue weighted by Crippen LogP contribution is 2.28. The Morgan fingerprint density at radius 3 is 2.90 bits per heavy atom. The molecule has 0 aromatic heterocycles. The molecule has 1 saturated heterocycles. The van der Waals surface area contributed by atoms with Gasteiger partial charge in [0.15, 0.2) is 0 Å². The summed E-state index contributed by atoms with van der Waals surface area (Å²) in [4.78, 5) is 23.2. The third-order valence-electron chi connectivity index (χ3n) is 3.33. The molecule has 0 bridgehead atoms. The van der Waals surface area contributed by atoms with E-state index in [2.05, 4.69) is 33.2 Å². The van der Waals surface area contributed by atoms with Crippen LogP contribution >= 0.6 is 22.6 Å². The fourth-order valence-corrected chi connectivity index (χ4v) is 2.52. The van der Waals surface area contributed by atoms with Crippen molar-refractivity contribution in [1.82, 2.24) is 5.32 Å². The van der Waals surface area contributed by atoms with Gasteiger partial charge in [-0.3, -0.25) is 4.79 Å². The van der Waals surface area contributed by atoms with Crippen LogP contribution in [0.1, 0.15) is 6.92 Å². The van der Waals surface area contributed by atoms with Crippen LogP contribution in [-0.4, -0.2) is 36.4 Å². The number of urea groups is 1. The average molecular weight is 390 g/mol. The van der Waals surface area contributed by atoms with Crippen molar-refractivity contribution in [1.29, 1.82) is 0 Å². The molecule has 1 heterocycles. The van der Waals surface area contributed by atoms with Gasteiger partial charge in [0.2, 0.25) is 0 Å². The zero-order valence-corrected chi connectivity index (χ0v) is 13.0. The molecule has 2 amide bonds. The third kappa shape index (κ3) is 3.21. The summed E-state index contributed by atoms with van der Waals surface area (Å²) in [7, 11) is 0. The van der Waals surface area contributed by atoms with Crippen LogP contribution in [-0.2, 0) is 9.53 Å². The Labute approximate surface area is 130 Å². The van der Waals surface area contributed by atoms with Crippen LogP contribution in [0, 0.1) is 8.99 Å². The number of benzene rings is 1. The first-order valence-corrected chi connectivity index (χ1v) is 7.14. The fourth-order valence-electron chi connectivity index (χ4n) is 1.98. The van der Waals surface area contributed by atoms with E-state index in [9.17, 15) is 14.7 Å². The van der Waals surface area contributed by atoms with Crippen molar-refractivity contribution in [3.05, 3.63) is 27.8 Å². The minimum absolute atomic E-state index is 0.0938. The van der Waals surface area contributed by atoms with Crippen LogP contribution in [0.25, 0.3) is 0 Å². The van der Waals surface area contributed by atoms with Crippen molar-refractivity contribution in [2.45, 2.75) is 13.0 Å². The van der Waals surface area contributed by atoms with Crippen LogP contribution < -0.4 is 10.6 Å². The number of nitrogens with one attached hydrogen (secondary N) is 2. The SMILES string of the molecule is CC1(C(=O)O)COCC1NC(=O)Nc1cccc(I)c1. The van der Waals surface area contributed by atoms with Crippen LogP contribution in [0.4, 0.5) is 10.5 Å². The smallest absolute Gasteiger partial charge is 0.319 e. The number of carbonyl (C=O) groups excluding carboxylic acids is 1. The molecule has 0 aliphatic carbocycles. The van der Waals surface area contributed by atoms with Gasteiger partial charge < -0.3 is 20.5 Å². The van der Waals surface area contributed by atoms with E-state index in [1.54, 1.807) is 13.0 Å². The maximum atomic E-state index is 11.9. The maximum Gasteiger partial charge on any atom is 0.319 e. The zero-order valence-electron chi connectivity index (χ0n) is 10.9. The molecule has 0 saturated carbocycles. The molecule has 1 aliphatic heterocycles. The van der Waals surface area contributed by atoms with E-state index >= 15 is 0 Å². The number of hydrogen-bond acceptors (Lipinski definition) is 3. The molecule has 20 heavy (non-hydrogen) atoms. The van der Waals surface area contributed by atoms with Crippen LogP contribution in [0.3, 0.4) is 0 Å². The summed E-state index contributed by atoms with van der Waals surface area (Å²) in [6.45, 7) is 1.86. The molecule has 1 aromatic carbocycles. The van der Waals surface area contributed by atoms with E-state index in [1.807, 2.05) is 18.2 Å². The van der Waals surface area contributed by atoms with Crippen molar-refractivity contribution < 1.29 is 19.4 Å². The predicted octanol–water partition coefficient (Wildman–Crippen LogP) is 1.90. The van der Waals surface area contributed by atoms with Crippen LogP contribution in [0.5, 0.6) is 0 Å². The molecular weight excluding hydrogens is 375 g/mol. The largest absolute Gasteiger partial charge is 0.481 e. The second-order valence-electron chi connectivity index (χ2n) is 4.90. The summed E-state index contributed by atoms with van der Waals surface area (Å²) < 4.78 is 6.18. The van der Waals surface area contributed by atoms with E-state index in [4.69, 9.17) is 4.74 Å². The van der Waals surface area contributed by atoms with E-state index in [-0.39, 0.29) is 13.2 Å². The number of rotatable bonds is 3. The van der Waals surface area contributed by atoms with Gasteiger partial charge in [-0.15, -0.1) is 0 Å². The lowest BCUT2D eigenvalue weighted by Gasteiger charge is -2.25. The highest BCUT2D eigenvalue weighted by Gasteiger charge is 2.47. The van der Waals surface area contributed by atoms with Crippen molar-refractivity contribution in [2.24, 2.45) is 5.41 Å². The van der Waals surface area contributed by atoms with Gasteiger partial charge in [-0.25, -0.2) is 4.79 Å². The van der Waals surface area contributed by atoms with Gasteiger partial charge in [0.05, 0.1) is 19.3 Å². The molecule has 0 radical (unpaired) electrons. The minimum atomic E-state index is -1.09. The van der Waals surface area contributed by atoms with Gasteiger partial charge in [0.25, 0.3) is 0 Å². The fraction of sp³-hybridized carbons (Fsp3) is 0.385. The quantitative estimate of drug-likeness (QED) is 0.689. The lowest BCUT2D eigenvalue weighted by Crippen LogP contribution is -2.50. The number of ether oxygens (including phenoxy) is 1. The molecule has 1 fully saturated rings. The molecule has 0 spiro atoms. The number of hydrogen-bond donors (Lipinski definition) is 3. The first-order chi connectivity index (χ1) is 9.41. The summed E-state index contributed by atoms with van der Waals surface area (Å²) in [6, 6.07) is 6.34. The summed E-state index contributed by atoms with van der Waals surface area (Å²) >= 11 is 2.15. The number of carboxylic acids is 1. The van der Waals surface area contributed by atoms with Crippen LogP contribution in [0.2, 0.25) is 0 Å². The first kappa shape index (κ1) is 15.0. The van der Waals surface area contributed by atoms with Crippen LogP contribution in [0.15, 0.2) is 24.3 Å². The Balaban J connectivity index is 2.00. The Kier molecular flexibility index (Phi) is 4.48. The first-order valence-electron chi connectivity index (χ1n) is 6.06. The zero-order chi connectivity index (χ0) is 14.8. The van der Waals surface area contributed by atoms with Gasteiger partial charge in [-0.1, -0.05) is 6.07 Å². The summed E-state index contributed by atoms with van der Waals surface area (Å²) in [5.74, 6) is -0.977. The normalized spacial score (nSPS) is 25.2. The topological polar surface area (TPSA) is 87.7 Å². The second kappa shape index (κ2) is 5.96. The average Bonchev–Trinajstić information content (AvgIpc) is 2.72. The number of carboxylic acid groups (broad SMARTS) is 1. The van der Waals surface area contributed by atoms with E-state index < -0.39 is 23.5 Å². The molecule has 2 unspecified atom stereocenters. The van der Waals surface area contributed by atoms with Gasteiger partial charge >= 0.3 is 12.0 Å². The number of carbonyl (C=O) groups is 2. The minimum Gasteiger partial charge on any atom is -0.481 e. The Morgan fingerprint density at radius 1 is 1.50 bits per heavy atom. The number of halogens is 1. The molecule has 2 rings (SSSR count). The highest BCUT2D eigenvalue weighted by molar-refractivity contribution is 14.1. The molecule has 1 aromatic rings. The van der Waals surface area contributed by atoms with Gasteiger partial charge in [-0.2, -0.15) is 0 Å². The lowest BCUT2D eigenvalue weighted by molar-refractivity contribution is -0.148. The lowest BCUT2D eigenvalue weighted by atomic mass is 9.85. The van der Waals surface area contributed by atoms with E-state index in [0.717, 1.165) is 3.57 Å². The second-order valence-corrected chi connectivity index (χ2v) is 6.14. The summed E-state index contributed by atoms with van der Waals surface area (Å²) in [6.07, 6.45) is 0. The van der Waals surface area contributed by atoms with Crippen molar-refractivity contribution >= 4 is 40.3 Å². The number of anilines is 1. The molecule has 6 nitrogen and oxygen atoms in total. The highest BCUT2D eigenvalue weighted by atomic mass is 127. The monoisotopic (exact) mass is 390 g/mol. The third-order valence-corrected chi connectivity index (χ3v) is 4.00. The Hall–Kier alpha value is -1.35. The summed E-state index contributed by atoms with van der Waals surface area (Å²) in [5, 5.41) is 14.6. The summed E-state index contributed by atoms with van der Waals surface area (Å²) in [5.41, 5.74) is -0.437. The van der Waals surface area contributed by atoms with Crippen molar-refractivity contribution in [3.8, 4) is 0 Å². The molecule has 3 N–H and O–H groups in total.